The lowest BCUT2D eigenvalue weighted by molar-refractivity contribution is 0.200. The molecule has 0 bridgehead atoms. The highest BCUT2D eigenvalue weighted by atomic mass is 35.5. The second-order valence-corrected chi connectivity index (χ2v) is 5.55. The highest BCUT2D eigenvalue weighted by Crippen LogP contribution is 2.23. The Morgan fingerprint density at radius 1 is 1.64 bits per heavy atom. The highest BCUT2D eigenvalue weighted by Gasteiger charge is 2.19. The molecule has 1 aliphatic heterocycles. The van der Waals surface area contributed by atoms with Crippen LogP contribution >= 0.6 is 22.9 Å². The minimum atomic E-state index is 0.624. The van der Waals surface area contributed by atoms with Crippen LogP contribution in [0.15, 0.2) is 12.1 Å². The molecule has 1 unspecified atom stereocenters. The molecule has 14 heavy (non-hydrogen) atoms. The van der Waals surface area contributed by atoms with Gasteiger partial charge in [-0.1, -0.05) is 11.6 Å². The van der Waals surface area contributed by atoms with Gasteiger partial charge in [0.2, 0.25) is 0 Å². The van der Waals surface area contributed by atoms with E-state index in [-0.39, 0.29) is 0 Å². The molecular formula is C10H15ClN2S. The lowest BCUT2D eigenvalue weighted by atomic mass is 10.1. The van der Waals surface area contributed by atoms with Gasteiger partial charge in [-0.2, -0.15) is 0 Å². The fourth-order valence-corrected chi connectivity index (χ4v) is 2.94. The second-order valence-electron chi connectivity index (χ2n) is 3.75. The van der Waals surface area contributed by atoms with Crippen molar-refractivity contribution in [3.63, 3.8) is 0 Å². The first-order valence-corrected chi connectivity index (χ1v) is 6.10. The molecule has 1 aliphatic rings. The summed E-state index contributed by atoms with van der Waals surface area (Å²) >= 11 is 7.60. The summed E-state index contributed by atoms with van der Waals surface area (Å²) in [6.07, 6.45) is 1.11. The van der Waals surface area contributed by atoms with Gasteiger partial charge >= 0.3 is 0 Å². The Hall–Kier alpha value is -0.0900. The van der Waals surface area contributed by atoms with Crippen molar-refractivity contribution in [2.45, 2.75) is 12.5 Å². The average Bonchev–Trinajstić information content (AvgIpc) is 2.56. The molecule has 1 aromatic rings. The maximum absolute atomic E-state index is 5.90. The molecular weight excluding hydrogens is 216 g/mol. The van der Waals surface area contributed by atoms with E-state index in [9.17, 15) is 0 Å². The van der Waals surface area contributed by atoms with Crippen LogP contribution in [0.25, 0.3) is 0 Å². The summed E-state index contributed by atoms with van der Waals surface area (Å²) in [5.74, 6) is 0. The number of hydrogen-bond acceptors (Lipinski definition) is 3. The quantitative estimate of drug-likeness (QED) is 0.835. The first-order chi connectivity index (χ1) is 6.75. The van der Waals surface area contributed by atoms with Gasteiger partial charge < -0.3 is 10.2 Å². The molecule has 1 saturated heterocycles. The molecule has 0 amide bonds. The topological polar surface area (TPSA) is 15.3 Å². The maximum atomic E-state index is 5.90. The molecule has 1 aromatic heterocycles. The summed E-state index contributed by atoms with van der Waals surface area (Å²) in [7, 11) is 2.20. The standard InChI is InChI=1S/C10H15ClN2S/c1-13-5-4-12-7-8(13)6-9-2-3-10(11)14-9/h2-3,8,12H,4-7H2,1H3. The van der Waals surface area contributed by atoms with E-state index in [0.29, 0.717) is 6.04 Å². The normalized spacial score (nSPS) is 24.0. The van der Waals surface area contributed by atoms with E-state index >= 15 is 0 Å². The van der Waals surface area contributed by atoms with Crippen LogP contribution in [0.3, 0.4) is 0 Å². The van der Waals surface area contributed by atoms with Crippen molar-refractivity contribution in [1.82, 2.24) is 10.2 Å². The first kappa shape index (κ1) is 10.4. The Kier molecular flexibility index (Phi) is 3.44. The fraction of sp³-hybridized carbons (Fsp3) is 0.600. The van der Waals surface area contributed by atoms with Crippen LogP contribution in [0, 0.1) is 0 Å². The summed E-state index contributed by atoms with van der Waals surface area (Å²) in [6.45, 7) is 3.34. The molecule has 78 valence electrons. The largest absolute Gasteiger partial charge is 0.314 e. The van der Waals surface area contributed by atoms with E-state index in [0.717, 1.165) is 30.4 Å². The summed E-state index contributed by atoms with van der Waals surface area (Å²) in [4.78, 5) is 3.81. The SMILES string of the molecule is CN1CCNCC1Cc1ccc(Cl)s1. The minimum Gasteiger partial charge on any atom is -0.314 e. The van der Waals surface area contributed by atoms with Gasteiger partial charge in [-0.25, -0.2) is 0 Å². The molecule has 2 nitrogen and oxygen atoms in total. The fourth-order valence-electron chi connectivity index (χ4n) is 1.78. The van der Waals surface area contributed by atoms with E-state index in [1.807, 2.05) is 6.07 Å². The molecule has 2 heterocycles. The van der Waals surface area contributed by atoms with Crippen LogP contribution in [0.4, 0.5) is 0 Å². The molecule has 0 saturated carbocycles. The van der Waals surface area contributed by atoms with Gasteiger partial charge in [0, 0.05) is 30.6 Å². The number of halogens is 1. The van der Waals surface area contributed by atoms with Crippen molar-refractivity contribution in [3.05, 3.63) is 21.3 Å². The number of nitrogens with zero attached hydrogens (tertiary/aromatic N) is 1. The van der Waals surface area contributed by atoms with E-state index in [1.165, 1.54) is 4.88 Å². The summed E-state index contributed by atoms with van der Waals surface area (Å²) in [6, 6.07) is 4.74. The molecule has 1 fully saturated rings. The number of rotatable bonds is 2. The zero-order valence-electron chi connectivity index (χ0n) is 8.29. The Morgan fingerprint density at radius 2 is 2.50 bits per heavy atom. The van der Waals surface area contributed by atoms with Gasteiger partial charge in [0.25, 0.3) is 0 Å². The van der Waals surface area contributed by atoms with Crippen LogP contribution in [0.1, 0.15) is 4.88 Å². The number of hydrogen-bond donors (Lipinski definition) is 1. The lowest BCUT2D eigenvalue weighted by Gasteiger charge is -2.32. The van der Waals surface area contributed by atoms with Crippen molar-refractivity contribution in [3.8, 4) is 0 Å². The van der Waals surface area contributed by atoms with Gasteiger partial charge in [-0.15, -0.1) is 11.3 Å². The van der Waals surface area contributed by atoms with Crippen LogP contribution in [-0.2, 0) is 6.42 Å². The first-order valence-electron chi connectivity index (χ1n) is 4.91. The van der Waals surface area contributed by atoms with Crippen LogP contribution < -0.4 is 5.32 Å². The molecule has 1 atom stereocenters. The van der Waals surface area contributed by atoms with Crippen molar-refractivity contribution in [2.75, 3.05) is 26.7 Å². The smallest absolute Gasteiger partial charge is 0.0931 e. The van der Waals surface area contributed by atoms with Crippen molar-refractivity contribution >= 4 is 22.9 Å². The predicted octanol–water partition coefficient (Wildman–Crippen LogP) is 1.85. The van der Waals surface area contributed by atoms with Crippen molar-refractivity contribution < 1.29 is 0 Å². The van der Waals surface area contributed by atoms with Crippen LogP contribution in [0.2, 0.25) is 4.34 Å². The third-order valence-electron chi connectivity index (χ3n) is 2.71. The maximum Gasteiger partial charge on any atom is 0.0931 e. The number of likely N-dealkylation sites (N-methyl/N-ethyl adjacent to an activating group) is 1. The number of nitrogens with one attached hydrogen (secondary N) is 1. The summed E-state index contributed by atoms with van der Waals surface area (Å²) < 4.78 is 0.895. The van der Waals surface area contributed by atoms with Gasteiger partial charge in [0.15, 0.2) is 0 Å². The van der Waals surface area contributed by atoms with Crippen molar-refractivity contribution in [2.24, 2.45) is 0 Å². The molecule has 2 rings (SSSR count). The predicted molar refractivity (Wildman–Crippen MR) is 62.3 cm³/mol. The van der Waals surface area contributed by atoms with Gasteiger partial charge in [-0.3, -0.25) is 0 Å². The lowest BCUT2D eigenvalue weighted by Crippen LogP contribution is -2.50. The van der Waals surface area contributed by atoms with Gasteiger partial charge in [0.1, 0.15) is 0 Å². The molecule has 1 N–H and O–H groups in total. The zero-order valence-corrected chi connectivity index (χ0v) is 9.87. The third-order valence-corrected chi connectivity index (χ3v) is 3.96. The highest BCUT2D eigenvalue weighted by molar-refractivity contribution is 7.16. The summed E-state index contributed by atoms with van der Waals surface area (Å²) in [5, 5.41) is 3.42. The van der Waals surface area contributed by atoms with E-state index < -0.39 is 0 Å². The van der Waals surface area contributed by atoms with Gasteiger partial charge in [0.05, 0.1) is 4.34 Å². The number of piperazine rings is 1. The monoisotopic (exact) mass is 230 g/mol. The second kappa shape index (κ2) is 4.62. The Morgan fingerprint density at radius 3 is 3.14 bits per heavy atom. The molecule has 0 aromatic carbocycles. The molecule has 4 heteroatoms. The Labute approximate surface area is 93.9 Å². The van der Waals surface area contributed by atoms with E-state index in [2.05, 4.69) is 23.3 Å². The van der Waals surface area contributed by atoms with Crippen LogP contribution in [0.5, 0.6) is 0 Å². The van der Waals surface area contributed by atoms with E-state index in [4.69, 9.17) is 11.6 Å². The van der Waals surface area contributed by atoms with Crippen molar-refractivity contribution in [1.29, 1.82) is 0 Å². The third kappa shape index (κ3) is 2.48. The molecule has 0 spiro atoms. The number of thiophene rings is 1. The molecule has 0 aliphatic carbocycles. The van der Waals surface area contributed by atoms with E-state index in [1.54, 1.807) is 11.3 Å². The van der Waals surface area contributed by atoms with Gasteiger partial charge in [-0.05, 0) is 25.6 Å². The zero-order chi connectivity index (χ0) is 9.97. The summed E-state index contributed by atoms with van der Waals surface area (Å²) in [5.41, 5.74) is 0. The Balaban J connectivity index is 1.95. The van der Waals surface area contributed by atoms with Crippen LogP contribution in [-0.4, -0.2) is 37.6 Å². The minimum absolute atomic E-state index is 0.624. The molecule has 0 radical (unpaired) electrons. The Bertz CT molecular complexity index is 300. The average molecular weight is 231 g/mol.